The number of phenolic OH excluding ortho intramolecular Hbond substituents is 1. The molecule has 1 aromatic carbocycles. The first-order chi connectivity index (χ1) is 7.52. The van der Waals surface area contributed by atoms with Gasteiger partial charge in [0.2, 0.25) is 0 Å². The third-order valence-corrected chi connectivity index (χ3v) is 2.96. The predicted octanol–water partition coefficient (Wildman–Crippen LogP) is 2.21. The van der Waals surface area contributed by atoms with Crippen LogP contribution in [0, 0.1) is 27.7 Å². The Balaban J connectivity index is 2.71. The molecule has 0 saturated carbocycles. The number of rotatable bonds is 1. The molecular formula is C12H15N3O. The van der Waals surface area contributed by atoms with Crippen LogP contribution in [0.1, 0.15) is 22.8 Å². The standard InChI is InChI=1S/C12H15N3O/c1-7-8(2)12(16)6-5-11(7)15-9(3)13-14-10(15)4/h5-6,16H,1-4H3. The molecule has 4 heteroatoms. The second kappa shape index (κ2) is 3.63. The number of hydrogen-bond acceptors (Lipinski definition) is 3. The molecule has 0 fully saturated rings. The molecule has 0 aliphatic carbocycles. The van der Waals surface area contributed by atoms with Crippen LogP contribution in [-0.4, -0.2) is 19.9 Å². The third kappa shape index (κ3) is 1.46. The number of hydrogen-bond donors (Lipinski definition) is 1. The van der Waals surface area contributed by atoms with E-state index < -0.39 is 0 Å². The van der Waals surface area contributed by atoms with Gasteiger partial charge in [-0.25, -0.2) is 0 Å². The van der Waals surface area contributed by atoms with Gasteiger partial charge in [0.25, 0.3) is 0 Å². The summed E-state index contributed by atoms with van der Waals surface area (Å²) in [7, 11) is 0. The van der Waals surface area contributed by atoms with Gasteiger partial charge in [-0.1, -0.05) is 0 Å². The monoisotopic (exact) mass is 217 g/mol. The average molecular weight is 217 g/mol. The minimum Gasteiger partial charge on any atom is -0.508 e. The number of aromatic nitrogens is 3. The highest BCUT2D eigenvalue weighted by atomic mass is 16.3. The molecule has 0 amide bonds. The summed E-state index contributed by atoms with van der Waals surface area (Å²) in [6.45, 7) is 7.73. The molecular weight excluding hydrogens is 202 g/mol. The van der Waals surface area contributed by atoms with Crippen LogP contribution in [0.25, 0.3) is 5.69 Å². The summed E-state index contributed by atoms with van der Waals surface area (Å²) >= 11 is 0. The van der Waals surface area contributed by atoms with E-state index in [0.717, 1.165) is 28.5 Å². The molecule has 84 valence electrons. The highest BCUT2D eigenvalue weighted by Gasteiger charge is 2.11. The third-order valence-electron chi connectivity index (χ3n) is 2.96. The van der Waals surface area contributed by atoms with Crippen molar-refractivity contribution in [1.29, 1.82) is 0 Å². The molecule has 0 atom stereocenters. The summed E-state index contributed by atoms with van der Waals surface area (Å²) in [5.74, 6) is 2.03. The van der Waals surface area contributed by atoms with Crippen LogP contribution < -0.4 is 0 Å². The maximum absolute atomic E-state index is 9.62. The summed E-state index contributed by atoms with van der Waals surface area (Å²) in [5.41, 5.74) is 2.96. The molecule has 4 nitrogen and oxygen atoms in total. The van der Waals surface area contributed by atoms with Crippen molar-refractivity contribution >= 4 is 0 Å². The average Bonchev–Trinajstić information content (AvgIpc) is 2.57. The van der Waals surface area contributed by atoms with Crippen molar-refractivity contribution in [2.45, 2.75) is 27.7 Å². The Hall–Kier alpha value is -1.84. The lowest BCUT2D eigenvalue weighted by molar-refractivity contribution is 0.470. The zero-order valence-electron chi connectivity index (χ0n) is 9.94. The number of aromatic hydroxyl groups is 1. The van der Waals surface area contributed by atoms with E-state index in [1.807, 2.05) is 38.3 Å². The Morgan fingerprint density at radius 1 is 0.938 bits per heavy atom. The normalized spacial score (nSPS) is 10.8. The molecule has 0 spiro atoms. The van der Waals surface area contributed by atoms with Crippen LogP contribution in [0.3, 0.4) is 0 Å². The first kappa shape index (κ1) is 10.7. The van der Waals surface area contributed by atoms with Gasteiger partial charge < -0.3 is 5.11 Å². The van der Waals surface area contributed by atoms with E-state index in [9.17, 15) is 5.11 Å². The van der Waals surface area contributed by atoms with Gasteiger partial charge in [-0.2, -0.15) is 0 Å². The molecule has 0 saturated heterocycles. The second-order valence-corrected chi connectivity index (χ2v) is 3.98. The first-order valence-corrected chi connectivity index (χ1v) is 5.20. The fourth-order valence-corrected chi connectivity index (χ4v) is 1.85. The van der Waals surface area contributed by atoms with Gasteiger partial charge in [0.05, 0.1) is 5.69 Å². The van der Waals surface area contributed by atoms with E-state index in [0.29, 0.717) is 5.75 Å². The maximum atomic E-state index is 9.62. The highest BCUT2D eigenvalue weighted by Crippen LogP contribution is 2.26. The van der Waals surface area contributed by atoms with E-state index in [-0.39, 0.29) is 0 Å². The molecule has 0 bridgehead atoms. The summed E-state index contributed by atoms with van der Waals surface area (Å²) in [6.07, 6.45) is 0. The summed E-state index contributed by atoms with van der Waals surface area (Å²) in [4.78, 5) is 0. The van der Waals surface area contributed by atoms with Crippen molar-refractivity contribution in [2.24, 2.45) is 0 Å². The molecule has 0 unspecified atom stereocenters. The van der Waals surface area contributed by atoms with Gasteiger partial charge >= 0.3 is 0 Å². The van der Waals surface area contributed by atoms with Crippen molar-refractivity contribution in [3.05, 3.63) is 34.9 Å². The Labute approximate surface area is 94.6 Å². The van der Waals surface area contributed by atoms with Crippen LogP contribution >= 0.6 is 0 Å². The zero-order valence-corrected chi connectivity index (χ0v) is 9.94. The Bertz CT molecular complexity index is 524. The first-order valence-electron chi connectivity index (χ1n) is 5.20. The lowest BCUT2D eigenvalue weighted by Crippen LogP contribution is -2.03. The Morgan fingerprint density at radius 3 is 2.06 bits per heavy atom. The minimum atomic E-state index is 0.324. The molecule has 1 heterocycles. The predicted molar refractivity (Wildman–Crippen MR) is 62.0 cm³/mol. The van der Waals surface area contributed by atoms with Gasteiger partial charge in [0.1, 0.15) is 17.4 Å². The van der Waals surface area contributed by atoms with Crippen LogP contribution in [0.5, 0.6) is 5.75 Å². The van der Waals surface area contributed by atoms with Crippen LogP contribution in [0.2, 0.25) is 0 Å². The van der Waals surface area contributed by atoms with Crippen molar-refractivity contribution in [3.8, 4) is 11.4 Å². The van der Waals surface area contributed by atoms with Crippen molar-refractivity contribution in [2.75, 3.05) is 0 Å². The molecule has 2 rings (SSSR count). The van der Waals surface area contributed by atoms with Gasteiger partial charge in [-0.3, -0.25) is 4.57 Å². The summed E-state index contributed by atoms with van der Waals surface area (Å²) in [6, 6.07) is 3.59. The lowest BCUT2D eigenvalue weighted by atomic mass is 10.1. The van der Waals surface area contributed by atoms with Crippen LogP contribution in [0.15, 0.2) is 12.1 Å². The molecule has 0 aliphatic heterocycles. The van der Waals surface area contributed by atoms with Crippen molar-refractivity contribution in [3.63, 3.8) is 0 Å². The van der Waals surface area contributed by atoms with E-state index in [4.69, 9.17) is 0 Å². The van der Waals surface area contributed by atoms with Crippen molar-refractivity contribution in [1.82, 2.24) is 14.8 Å². The Morgan fingerprint density at radius 2 is 1.50 bits per heavy atom. The van der Waals surface area contributed by atoms with E-state index in [2.05, 4.69) is 10.2 Å². The molecule has 1 N–H and O–H groups in total. The number of benzene rings is 1. The highest BCUT2D eigenvalue weighted by molar-refractivity contribution is 5.51. The topological polar surface area (TPSA) is 50.9 Å². The fraction of sp³-hybridized carbons (Fsp3) is 0.333. The minimum absolute atomic E-state index is 0.324. The van der Waals surface area contributed by atoms with E-state index in [1.54, 1.807) is 6.07 Å². The molecule has 16 heavy (non-hydrogen) atoms. The van der Waals surface area contributed by atoms with Crippen LogP contribution in [-0.2, 0) is 0 Å². The number of aryl methyl sites for hydroxylation is 2. The number of nitrogens with zero attached hydrogens (tertiary/aromatic N) is 3. The zero-order chi connectivity index (χ0) is 11.9. The van der Waals surface area contributed by atoms with Gasteiger partial charge in [-0.15, -0.1) is 10.2 Å². The number of phenols is 1. The van der Waals surface area contributed by atoms with Gasteiger partial charge in [0, 0.05) is 0 Å². The second-order valence-electron chi connectivity index (χ2n) is 3.98. The van der Waals surface area contributed by atoms with Gasteiger partial charge in [-0.05, 0) is 51.0 Å². The largest absolute Gasteiger partial charge is 0.508 e. The lowest BCUT2D eigenvalue weighted by Gasteiger charge is -2.13. The fourth-order valence-electron chi connectivity index (χ4n) is 1.85. The molecule has 0 aliphatic rings. The Kier molecular flexibility index (Phi) is 2.42. The van der Waals surface area contributed by atoms with E-state index in [1.165, 1.54) is 0 Å². The smallest absolute Gasteiger partial charge is 0.134 e. The molecule has 2 aromatic rings. The maximum Gasteiger partial charge on any atom is 0.134 e. The molecule has 1 aromatic heterocycles. The molecule has 0 radical (unpaired) electrons. The van der Waals surface area contributed by atoms with E-state index >= 15 is 0 Å². The quantitative estimate of drug-likeness (QED) is 0.796. The van der Waals surface area contributed by atoms with Crippen LogP contribution in [0.4, 0.5) is 0 Å². The summed E-state index contributed by atoms with van der Waals surface area (Å²) in [5, 5.41) is 17.7. The van der Waals surface area contributed by atoms with Gasteiger partial charge in [0.15, 0.2) is 0 Å². The SMILES string of the molecule is Cc1c(O)ccc(-n2c(C)nnc2C)c1C. The summed E-state index contributed by atoms with van der Waals surface area (Å²) < 4.78 is 1.99. The van der Waals surface area contributed by atoms with Crippen molar-refractivity contribution < 1.29 is 5.11 Å².